The number of hydrogen-bond donors (Lipinski definition) is 1. The third kappa shape index (κ3) is 2.80. The molecule has 4 rings (SSSR count). The van der Waals surface area contributed by atoms with Crippen molar-refractivity contribution in [2.45, 2.75) is 13.0 Å². The van der Waals surface area contributed by atoms with E-state index in [-0.39, 0.29) is 6.04 Å². The Balaban J connectivity index is 1.71. The molecule has 1 aromatic carbocycles. The molecule has 8 nitrogen and oxygen atoms in total. The van der Waals surface area contributed by atoms with E-state index >= 15 is 0 Å². The SMILES string of the molecule is COCC(C)Nc1ncc2c(-c3ccc4nnn(C)c4c3)ccn2n1. The van der Waals surface area contributed by atoms with Crippen molar-refractivity contribution in [3.05, 3.63) is 36.7 Å². The molecule has 0 aliphatic carbocycles. The van der Waals surface area contributed by atoms with Gasteiger partial charge in [-0.25, -0.2) is 14.2 Å². The maximum Gasteiger partial charge on any atom is 0.241 e. The van der Waals surface area contributed by atoms with Crippen LogP contribution in [0.25, 0.3) is 27.7 Å². The number of benzene rings is 1. The summed E-state index contributed by atoms with van der Waals surface area (Å²) < 4.78 is 8.73. The van der Waals surface area contributed by atoms with Crippen LogP contribution >= 0.6 is 0 Å². The molecule has 3 heterocycles. The van der Waals surface area contributed by atoms with Crippen molar-refractivity contribution in [3.63, 3.8) is 0 Å². The molecule has 8 heteroatoms. The number of nitrogens with one attached hydrogen (secondary N) is 1. The highest BCUT2D eigenvalue weighted by atomic mass is 16.5. The van der Waals surface area contributed by atoms with Gasteiger partial charge in [0.05, 0.1) is 23.8 Å². The van der Waals surface area contributed by atoms with Gasteiger partial charge in [-0.1, -0.05) is 11.3 Å². The van der Waals surface area contributed by atoms with E-state index in [2.05, 4.69) is 31.8 Å². The van der Waals surface area contributed by atoms with Gasteiger partial charge in [0, 0.05) is 32.0 Å². The Labute approximate surface area is 144 Å². The molecule has 25 heavy (non-hydrogen) atoms. The van der Waals surface area contributed by atoms with Crippen molar-refractivity contribution in [1.82, 2.24) is 29.6 Å². The molecule has 0 amide bonds. The molecule has 0 aliphatic heterocycles. The van der Waals surface area contributed by atoms with E-state index in [1.54, 1.807) is 11.8 Å². The molecular formula is C17H19N7O. The summed E-state index contributed by atoms with van der Waals surface area (Å²) in [6.45, 7) is 2.62. The van der Waals surface area contributed by atoms with Crippen molar-refractivity contribution >= 4 is 22.5 Å². The Morgan fingerprint density at radius 3 is 2.96 bits per heavy atom. The lowest BCUT2D eigenvalue weighted by Gasteiger charge is -2.12. The summed E-state index contributed by atoms with van der Waals surface area (Å²) in [5.74, 6) is 0.575. The summed E-state index contributed by atoms with van der Waals surface area (Å²) in [7, 11) is 3.56. The standard InChI is InChI=1S/C17H19N7O/c1-11(10-25-3)19-17-18-9-16-13(6-7-24(16)21-17)12-4-5-14-15(8-12)23(2)22-20-14/h4-9,11H,10H2,1-3H3,(H,19,21). The topological polar surface area (TPSA) is 82.2 Å². The van der Waals surface area contributed by atoms with Crippen molar-refractivity contribution in [1.29, 1.82) is 0 Å². The van der Waals surface area contributed by atoms with E-state index in [0.717, 1.165) is 27.7 Å². The molecule has 0 bridgehead atoms. The van der Waals surface area contributed by atoms with Gasteiger partial charge in [0.2, 0.25) is 5.95 Å². The summed E-state index contributed by atoms with van der Waals surface area (Å²) in [5.41, 5.74) is 4.96. The van der Waals surface area contributed by atoms with Gasteiger partial charge < -0.3 is 10.1 Å². The van der Waals surface area contributed by atoms with Gasteiger partial charge in [-0.15, -0.1) is 10.2 Å². The smallest absolute Gasteiger partial charge is 0.241 e. The predicted molar refractivity (Wildman–Crippen MR) is 95.5 cm³/mol. The fourth-order valence-corrected chi connectivity index (χ4v) is 2.92. The average molecular weight is 337 g/mol. The first-order valence-electron chi connectivity index (χ1n) is 8.05. The first kappa shape index (κ1) is 15.5. The van der Waals surface area contributed by atoms with Gasteiger partial charge in [-0.2, -0.15) is 0 Å². The summed E-state index contributed by atoms with van der Waals surface area (Å²) in [5, 5.41) is 15.9. The molecule has 4 aromatic rings. The number of anilines is 1. The van der Waals surface area contributed by atoms with Crippen LogP contribution in [0.15, 0.2) is 36.7 Å². The van der Waals surface area contributed by atoms with E-state index < -0.39 is 0 Å². The minimum atomic E-state index is 0.136. The fraction of sp³-hybridized carbons (Fsp3) is 0.294. The maximum atomic E-state index is 5.13. The van der Waals surface area contributed by atoms with Crippen molar-refractivity contribution in [2.75, 3.05) is 19.0 Å². The van der Waals surface area contributed by atoms with Crippen molar-refractivity contribution in [3.8, 4) is 11.1 Å². The van der Waals surface area contributed by atoms with Crippen LogP contribution in [0.1, 0.15) is 6.92 Å². The average Bonchev–Trinajstić information content (AvgIpc) is 3.18. The van der Waals surface area contributed by atoms with E-state index in [4.69, 9.17) is 4.74 Å². The van der Waals surface area contributed by atoms with Gasteiger partial charge in [0.25, 0.3) is 0 Å². The monoisotopic (exact) mass is 337 g/mol. The molecule has 1 N–H and O–H groups in total. The summed E-state index contributed by atoms with van der Waals surface area (Å²) >= 11 is 0. The van der Waals surface area contributed by atoms with Gasteiger partial charge in [0.1, 0.15) is 5.52 Å². The Morgan fingerprint density at radius 2 is 2.12 bits per heavy atom. The molecule has 128 valence electrons. The molecule has 0 fully saturated rings. The maximum absolute atomic E-state index is 5.13. The molecule has 0 aliphatic rings. The normalized spacial score (nSPS) is 12.8. The largest absolute Gasteiger partial charge is 0.383 e. The summed E-state index contributed by atoms with van der Waals surface area (Å²) in [4.78, 5) is 4.43. The van der Waals surface area contributed by atoms with Crippen LogP contribution in [-0.4, -0.2) is 49.4 Å². The second-order valence-corrected chi connectivity index (χ2v) is 6.06. The van der Waals surface area contributed by atoms with Crippen molar-refractivity contribution in [2.24, 2.45) is 7.05 Å². The Kier molecular flexibility index (Phi) is 3.81. The molecular weight excluding hydrogens is 318 g/mol. The predicted octanol–water partition coefficient (Wildman–Crippen LogP) is 2.12. The first-order chi connectivity index (χ1) is 12.2. The van der Waals surface area contributed by atoms with Crippen LogP contribution in [0, 0.1) is 0 Å². The second kappa shape index (κ2) is 6.14. The summed E-state index contributed by atoms with van der Waals surface area (Å²) in [6, 6.07) is 8.27. The lowest BCUT2D eigenvalue weighted by atomic mass is 10.1. The zero-order valence-corrected chi connectivity index (χ0v) is 14.3. The Hall–Kier alpha value is -3.00. The molecule has 0 spiro atoms. The van der Waals surface area contributed by atoms with Crippen LogP contribution < -0.4 is 5.32 Å². The van der Waals surface area contributed by atoms with E-state index in [1.165, 1.54) is 0 Å². The highest BCUT2D eigenvalue weighted by molar-refractivity contribution is 5.87. The van der Waals surface area contributed by atoms with Gasteiger partial charge in [0.15, 0.2) is 0 Å². The molecule has 0 radical (unpaired) electrons. The number of nitrogens with zero attached hydrogens (tertiary/aromatic N) is 6. The van der Waals surface area contributed by atoms with Crippen LogP contribution in [0.5, 0.6) is 0 Å². The molecule has 0 saturated heterocycles. The van der Waals surface area contributed by atoms with E-state index in [0.29, 0.717) is 12.6 Å². The lowest BCUT2D eigenvalue weighted by Crippen LogP contribution is -2.22. The highest BCUT2D eigenvalue weighted by Crippen LogP contribution is 2.27. The third-order valence-electron chi connectivity index (χ3n) is 4.13. The quantitative estimate of drug-likeness (QED) is 0.601. The van der Waals surface area contributed by atoms with Gasteiger partial charge >= 0.3 is 0 Å². The van der Waals surface area contributed by atoms with Gasteiger partial charge in [-0.3, -0.25) is 0 Å². The minimum Gasteiger partial charge on any atom is -0.383 e. The number of aromatic nitrogens is 6. The minimum absolute atomic E-state index is 0.136. The molecule has 3 aromatic heterocycles. The molecule has 0 saturated carbocycles. The van der Waals surface area contributed by atoms with Crippen LogP contribution in [-0.2, 0) is 11.8 Å². The number of hydrogen-bond acceptors (Lipinski definition) is 6. The lowest BCUT2D eigenvalue weighted by molar-refractivity contribution is 0.190. The highest BCUT2D eigenvalue weighted by Gasteiger charge is 2.11. The Bertz CT molecular complexity index is 1040. The number of methoxy groups -OCH3 is 1. The Morgan fingerprint density at radius 1 is 1.24 bits per heavy atom. The van der Waals surface area contributed by atoms with Crippen LogP contribution in [0.2, 0.25) is 0 Å². The zero-order valence-electron chi connectivity index (χ0n) is 14.3. The third-order valence-corrected chi connectivity index (χ3v) is 4.13. The number of rotatable bonds is 5. The van der Waals surface area contributed by atoms with E-state index in [1.807, 2.05) is 49.1 Å². The number of fused-ring (bicyclic) bond motifs is 2. The number of aryl methyl sites for hydroxylation is 1. The molecule has 1 unspecified atom stereocenters. The first-order valence-corrected chi connectivity index (χ1v) is 8.05. The van der Waals surface area contributed by atoms with Crippen LogP contribution in [0.3, 0.4) is 0 Å². The van der Waals surface area contributed by atoms with E-state index in [9.17, 15) is 0 Å². The second-order valence-electron chi connectivity index (χ2n) is 6.06. The van der Waals surface area contributed by atoms with Crippen LogP contribution in [0.4, 0.5) is 5.95 Å². The van der Waals surface area contributed by atoms with Crippen molar-refractivity contribution < 1.29 is 4.74 Å². The van der Waals surface area contributed by atoms with Gasteiger partial charge in [-0.05, 0) is 30.7 Å². The fourth-order valence-electron chi connectivity index (χ4n) is 2.92. The summed E-state index contributed by atoms with van der Waals surface area (Å²) in [6.07, 6.45) is 3.76. The zero-order chi connectivity index (χ0) is 17.4. The number of ether oxygens (including phenoxy) is 1. The molecule has 1 atom stereocenters.